The van der Waals surface area contributed by atoms with E-state index in [1.54, 1.807) is 0 Å². The minimum Gasteiger partial charge on any atom is -0.393 e. The van der Waals surface area contributed by atoms with Crippen molar-refractivity contribution in [3.63, 3.8) is 0 Å². The van der Waals surface area contributed by atoms with Crippen LogP contribution in [0.2, 0.25) is 0 Å². The zero-order valence-electron chi connectivity index (χ0n) is 13.6. The molecule has 1 N–H and O–H groups in total. The topological polar surface area (TPSA) is 23.5 Å². The van der Waals surface area contributed by atoms with Crippen molar-refractivity contribution in [2.24, 2.45) is 11.8 Å². The van der Waals surface area contributed by atoms with Gasteiger partial charge < -0.3 is 10.0 Å². The maximum atomic E-state index is 9.58. The summed E-state index contributed by atoms with van der Waals surface area (Å²) in [5.74, 6) is 1.77. The summed E-state index contributed by atoms with van der Waals surface area (Å²) in [5.41, 5.74) is 0. The lowest BCUT2D eigenvalue weighted by Gasteiger charge is -2.38. The first-order valence-corrected chi connectivity index (χ1v) is 8.41. The maximum absolute atomic E-state index is 9.58. The number of rotatable bonds is 2. The van der Waals surface area contributed by atoms with Crippen LogP contribution in [0.15, 0.2) is 0 Å². The summed E-state index contributed by atoms with van der Waals surface area (Å²) in [6.07, 6.45) is 9.12. The lowest BCUT2D eigenvalue weighted by Crippen LogP contribution is -2.45. The third-order valence-electron chi connectivity index (χ3n) is 4.20. The highest BCUT2D eigenvalue weighted by Gasteiger charge is 2.26. The fraction of sp³-hybridized carbons (Fsp3) is 1.00. The Morgan fingerprint density at radius 2 is 1.63 bits per heavy atom. The minimum absolute atomic E-state index is 0.0393. The lowest BCUT2D eigenvalue weighted by atomic mass is 9.88. The zero-order valence-corrected chi connectivity index (χ0v) is 13.6. The number of nitrogens with zero attached hydrogens (tertiary/aromatic N) is 1. The van der Waals surface area contributed by atoms with Crippen LogP contribution in [-0.4, -0.2) is 35.2 Å². The largest absolute Gasteiger partial charge is 0.393 e. The molecule has 0 spiro atoms. The summed E-state index contributed by atoms with van der Waals surface area (Å²) in [4.78, 5) is 2.60. The van der Waals surface area contributed by atoms with Crippen LogP contribution in [0.3, 0.4) is 0 Å². The van der Waals surface area contributed by atoms with Gasteiger partial charge in [0.1, 0.15) is 0 Å². The van der Waals surface area contributed by atoms with E-state index in [9.17, 15) is 5.11 Å². The molecule has 1 saturated carbocycles. The van der Waals surface area contributed by atoms with Crippen molar-refractivity contribution in [3.05, 3.63) is 0 Å². The van der Waals surface area contributed by atoms with Gasteiger partial charge >= 0.3 is 0 Å². The molecule has 0 radical (unpaired) electrons. The van der Waals surface area contributed by atoms with Gasteiger partial charge in [-0.1, -0.05) is 40.0 Å². The quantitative estimate of drug-likeness (QED) is 0.816. The second kappa shape index (κ2) is 8.97. The van der Waals surface area contributed by atoms with Crippen molar-refractivity contribution < 1.29 is 5.11 Å². The van der Waals surface area contributed by atoms with Crippen LogP contribution in [0.25, 0.3) is 0 Å². The molecule has 1 aliphatic heterocycles. The van der Waals surface area contributed by atoms with E-state index in [-0.39, 0.29) is 6.10 Å². The number of hydrogen-bond acceptors (Lipinski definition) is 2. The van der Waals surface area contributed by atoms with Gasteiger partial charge in [0.2, 0.25) is 0 Å². The summed E-state index contributed by atoms with van der Waals surface area (Å²) in [6.45, 7) is 11.2. The normalized spacial score (nSPS) is 30.0. The van der Waals surface area contributed by atoms with Crippen LogP contribution in [0, 0.1) is 11.8 Å². The highest BCUT2D eigenvalue weighted by atomic mass is 16.3. The van der Waals surface area contributed by atoms with Gasteiger partial charge in [0.15, 0.2) is 0 Å². The second-order valence-electron chi connectivity index (χ2n) is 7.26. The highest BCUT2D eigenvalue weighted by molar-refractivity contribution is 4.80. The molecule has 0 aromatic rings. The molecule has 2 heteroatoms. The molecule has 2 atom stereocenters. The van der Waals surface area contributed by atoms with Crippen molar-refractivity contribution in [1.82, 2.24) is 4.90 Å². The van der Waals surface area contributed by atoms with Crippen molar-refractivity contribution in [2.45, 2.75) is 84.8 Å². The van der Waals surface area contributed by atoms with E-state index in [2.05, 4.69) is 32.6 Å². The second-order valence-corrected chi connectivity index (χ2v) is 7.26. The van der Waals surface area contributed by atoms with Crippen molar-refractivity contribution in [1.29, 1.82) is 0 Å². The molecule has 2 rings (SSSR count). The lowest BCUT2D eigenvalue weighted by molar-refractivity contribution is 0.0365. The summed E-state index contributed by atoms with van der Waals surface area (Å²) in [5, 5.41) is 9.58. The Balaban J connectivity index is 0.000000399. The van der Waals surface area contributed by atoms with Gasteiger partial charge in [-0.2, -0.15) is 0 Å². The molecule has 0 aromatic carbocycles. The van der Waals surface area contributed by atoms with E-state index in [1.165, 1.54) is 38.6 Å². The standard InChI is InChI=1S/C13H25NO.C4H10/c1-11-9-13(15)7-8-14(11)10-12-5-3-2-4-6-12;1-4(2)3/h11-13,15H,2-10H2,1H3;4H,1-3H3. The molecule has 19 heavy (non-hydrogen) atoms. The van der Waals surface area contributed by atoms with Gasteiger partial charge in [0.05, 0.1) is 6.10 Å². The van der Waals surface area contributed by atoms with Crippen molar-refractivity contribution in [3.8, 4) is 0 Å². The third-order valence-corrected chi connectivity index (χ3v) is 4.20. The minimum atomic E-state index is -0.0393. The summed E-state index contributed by atoms with van der Waals surface area (Å²) >= 11 is 0. The van der Waals surface area contributed by atoms with Gasteiger partial charge in [0.25, 0.3) is 0 Å². The molecule has 0 aromatic heterocycles. The third kappa shape index (κ3) is 7.31. The van der Waals surface area contributed by atoms with E-state index in [0.29, 0.717) is 6.04 Å². The molecule has 0 bridgehead atoms. The van der Waals surface area contributed by atoms with Crippen LogP contribution in [0.4, 0.5) is 0 Å². The van der Waals surface area contributed by atoms with Crippen molar-refractivity contribution >= 4 is 0 Å². The monoisotopic (exact) mass is 269 g/mol. The van der Waals surface area contributed by atoms with Gasteiger partial charge in [-0.3, -0.25) is 0 Å². The first kappa shape index (κ1) is 17.0. The zero-order chi connectivity index (χ0) is 14.3. The maximum Gasteiger partial charge on any atom is 0.0567 e. The summed E-state index contributed by atoms with van der Waals surface area (Å²) in [6, 6.07) is 0.593. The Bertz CT molecular complexity index is 221. The molecule has 1 aliphatic carbocycles. The fourth-order valence-electron chi connectivity index (χ4n) is 3.17. The number of aliphatic hydroxyl groups excluding tert-OH is 1. The molecule has 2 unspecified atom stereocenters. The van der Waals surface area contributed by atoms with Gasteiger partial charge in [-0.25, -0.2) is 0 Å². The van der Waals surface area contributed by atoms with E-state index < -0.39 is 0 Å². The number of likely N-dealkylation sites (tertiary alicyclic amines) is 1. The van der Waals surface area contributed by atoms with E-state index >= 15 is 0 Å². The molecule has 114 valence electrons. The van der Waals surface area contributed by atoms with Crippen LogP contribution in [0.1, 0.15) is 72.6 Å². The highest BCUT2D eigenvalue weighted by Crippen LogP contribution is 2.27. The number of aliphatic hydroxyl groups is 1. The van der Waals surface area contributed by atoms with E-state index in [0.717, 1.165) is 31.2 Å². The van der Waals surface area contributed by atoms with Crippen LogP contribution in [-0.2, 0) is 0 Å². The van der Waals surface area contributed by atoms with E-state index in [1.807, 2.05) is 0 Å². The molecule has 1 saturated heterocycles. The Labute approximate surface area is 120 Å². The van der Waals surface area contributed by atoms with Crippen LogP contribution < -0.4 is 0 Å². The number of hydrogen-bond donors (Lipinski definition) is 1. The van der Waals surface area contributed by atoms with Crippen LogP contribution >= 0.6 is 0 Å². The molecule has 1 heterocycles. The molecular formula is C17H35NO. The number of piperidine rings is 1. The van der Waals surface area contributed by atoms with Gasteiger partial charge in [0, 0.05) is 19.1 Å². The average Bonchev–Trinajstić information content (AvgIpc) is 2.33. The van der Waals surface area contributed by atoms with Crippen molar-refractivity contribution in [2.75, 3.05) is 13.1 Å². The summed E-state index contributed by atoms with van der Waals surface area (Å²) < 4.78 is 0. The molecular weight excluding hydrogens is 234 g/mol. The molecule has 2 aliphatic rings. The molecule has 2 nitrogen and oxygen atoms in total. The fourth-order valence-corrected chi connectivity index (χ4v) is 3.17. The molecule has 2 fully saturated rings. The first-order valence-electron chi connectivity index (χ1n) is 8.41. The Morgan fingerprint density at radius 1 is 1.05 bits per heavy atom. The average molecular weight is 269 g/mol. The first-order chi connectivity index (χ1) is 8.99. The Hall–Kier alpha value is -0.0800. The predicted molar refractivity (Wildman–Crippen MR) is 83.4 cm³/mol. The molecule has 0 amide bonds. The SMILES string of the molecule is CC(C)C.CC1CC(O)CCN1CC1CCCCC1. The Morgan fingerprint density at radius 3 is 2.16 bits per heavy atom. The smallest absolute Gasteiger partial charge is 0.0567 e. The van der Waals surface area contributed by atoms with Crippen LogP contribution in [0.5, 0.6) is 0 Å². The summed E-state index contributed by atoms with van der Waals surface area (Å²) in [7, 11) is 0. The van der Waals surface area contributed by atoms with Gasteiger partial charge in [-0.05, 0) is 44.4 Å². The van der Waals surface area contributed by atoms with Gasteiger partial charge in [-0.15, -0.1) is 0 Å². The Kier molecular flexibility index (Phi) is 8.01. The van der Waals surface area contributed by atoms with E-state index in [4.69, 9.17) is 0 Å². The predicted octanol–water partition coefficient (Wildman–Crippen LogP) is 4.07.